The SMILES string of the molecule is C[C@H](Sc1ccccc1Cl)C(=O)Nc1ccc(C(N)=O)cc1. The Labute approximate surface area is 138 Å². The van der Waals surface area contributed by atoms with Gasteiger partial charge in [0.1, 0.15) is 0 Å². The second-order valence-electron chi connectivity index (χ2n) is 4.62. The number of carbonyl (C=O) groups is 2. The number of anilines is 1. The van der Waals surface area contributed by atoms with Gasteiger partial charge in [-0.2, -0.15) is 0 Å². The highest BCUT2D eigenvalue weighted by atomic mass is 35.5. The van der Waals surface area contributed by atoms with Crippen molar-refractivity contribution < 1.29 is 9.59 Å². The number of benzene rings is 2. The van der Waals surface area contributed by atoms with Gasteiger partial charge in [-0.25, -0.2) is 0 Å². The minimum absolute atomic E-state index is 0.142. The quantitative estimate of drug-likeness (QED) is 0.821. The molecule has 1 atom stereocenters. The van der Waals surface area contributed by atoms with Crippen LogP contribution in [0.3, 0.4) is 0 Å². The lowest BCUT2D eigenvalue weighted by Gasteiger charge is -2.13. The zero-order valence-electron chi connectivity index (χ0n) is 11.9. The van der Waals surface area contributed by atoms with Gasteiger partial charge in [0.15, 0.2) is 0 Å². The van der Waals surface area contributed by atoms with E-state index in [9.17, 15) is 9.59 Å². The lowest BCUT2D eigenvalue weighted by molar-refractivity contribution is -0.115. The predicted octanol–water partition coefficient (Wildman–Crippen LogP) is 3.56. The lowest BCUT2D eigenvalue weighted by Crippen LogP contribution is -2.22. The summed E-state index contributed by atoms with van der Waals surface area (Å²) in [5.41, 5.74) is 6.18. The summed E-state index contributed by atoms with van der Waals surface area (Å²) in [6.45, 7) is 1.81. The van der Waals surface area contributed by atoms with E-state index in [1.165, 1.54) is 11.8 Å². The van der Waals surface area contributed by atoms with E-state index >= 15 is 0 Å². The van der Waals surface area contributed by atoms with Crippen LogP contribution >= 0.6 is 23.4 Å². The van der Waals surface area contributed by atoms with Crippen molar-refractivity contribution >= 4 is 40.9 Å². The maximum absolute atomic E-state index is 12.2. The first-order valence-electron chi connectivity index (χ1n) is 6.59. The number of amides is 2. The van der Waals surface area contributed by atoms with E-state index in [1.54, 1.807) is 37.3 Å². The number of thioether (sulfide) groups is 1. The van der Waals surface area contributed by atoms with E-state index in [-0.39, 0.29) is 11.2 Å². The van der Waals surface area contributed by atoms with E-state index in [0.29, 0.717) is 16.3 Å². The van der Waals surface area contributed by atoms with Crippen LogP contribution in [0.5, 0.6) is 0 Å². The first-order valence-corrected chi connectivity index (χ1v) is 7.85. The smallest absolute Gasteiger partial charge is 0.248 e. The zero-order valence-corrected chi connectivity index (χ0v) is 13.4. The highest BCUT2D eigenvalue weighted by Gasteiger charge is 2.16. The van der Waals surface area contributed by atoms with Crippen LogP contribution < -0.4 is 11.1 Å². The summed E-state index contributed by atoms with van der Waals surface area (Å²) in [5.74, 6) is -0.641. The molecule has 0 saturated carbocycles. The van der Waals surface area contributed by atoms with Gasteiger partial charge in [0, 0.05) is 16.1 Å². The molecule has 0 aliphatic rings. The van der Waals surface area contributed by atoms with Crippen molar-refractivity contribution in [1.82, 2.24) is 0 Å². The number of nitrogens with two attached hydrogens (primary N) is 1. The minimum atomic E-state index is -0.500. The summed E-state index contributed by atoms with van der Waals surface area (Å²) < 4.78 is 0. The van der Waals surface area contributed by atoms with E-state index in [2.05, 4.69) is 5.32 Å². The van der Waals surface area contributed by atoms with Crippen molar-refractivity contribution in [2.45, 2.75) is 17.1 Å². The third kappa shape index (κ3) is 4.26. The standard InChI is InChI=1S/C16H15ClN2O2S/c1-10(22-14-5-3-2-4-13(14)17)16(21)19-12-8-6-11(7-9-12)15(18)20/h2-10H,1H3,(H2,18,20)(H,19,21)/t10-/m0/s1. The highest BCUT2D eigenvalue weighted by molar-refractivity contribution is 8.00. The minimum Gasteiger partial charge on any atom is -0.366 e. The van der Waals surface area contributed by atoms with Crippen LogP contribution in [0.4, 0.5) is 5.69 Å². The molecule has 0 radical (unpaired) electrons. The molecule has 114 valence electrons. The number of hydrogen-bond acceptors (Lipinski definition) is 3. The fourth-order valence-electron chi connectivity index (χ4n) is 1.75. The molecule has 22 heavy (non-hydrogen) atoms. The van der Waals surface area contributed by atoms with Crippen molar-refractivity contribution in [2.75, 3.05) is 5.32 Å². The van der Waals surface area contributed by atoms with Crippen molar-refractivity contribution in [3.05, 3.63) is 59.1 Å². The molecule has 2 amide bonds. The van der Waals surface area contributed by atoms with Gasteiger partial charge in [0.2, 0.25) is 11.8 Å². The molecule has 0 aromatic heterocycles. The zero-order chi connectivity index (χ0) is 16.1. The first-order chi connectivity index (χ1) is 10.5. The Morgan fingerprint density at radius 1 is 1.14 bits per heavy atom. The van der Waals surface area contributed by atoms with Crippen molar-refractivity contribution in [3.63, 3.8) is 0 Å². The van der Waals surface area contributed by atoms with Crippen LogP contribution in [0.25, 0.3) is 0 Å². The molecule has 0 saturated heterocycles. The predicted molar refractivity (Wildman–Crippen MR) is 90.4 cm³/mol. The number of halogens is 1. The molecule has 0 bridgehead atoms. The molecule has 2 rings (SSSR count). The van der Waals surface area contributed by atoms with Crippen LogP contribution in [-0.2, 0) is 4.79 Å². The number of primary amides is 1. The Balaban J connectivity index is 1.99. The largest absolute Gasteiger partial charge is 0.366 e. The molecule has 3 N–H and O–H groups in total. The summed E-state index contributed by atoms with van der Waals surface area (Å²) in [6.07, 6.45) is 0. The topological polar surface area (TPSA) is 72.2 Å². The van der Waals surface area contributed by atoms with Crippen LogP contribution in [0, 0.1) is 0 Å². The first kappa shape index (κ1) is 16.4. The van der Waals surface area contributed by atoms with Gasteiger partial charge in [-0.05, 0) is 43.3 Å². The Morgan fingerprint density at radius 2 is 1.77 bits per heavy atom. The summed E-state index contributed by atoms with van der Waals surface area (Å²) in [5, 5.41) is 3.11. The second kappa shape index (κ2) is 7.33. The van der Waals surface area contributed by atoms with Crippen LogP contribution in [-0.4, -0.2) is 17.1 Å². The van der Waals surface area contributed by atoms with Crippen LogP contribution in [0.1, 0.15) is 17.3 Å². The number of rotatable bonds is 5. The van der Waals surface area contributed by atoms with Gasteiger partial charge in [-0.3, -0.25) is 9.59 Å². The molecule has 2 aromatic rings. The maximum atomic E-state index is 12.2. The normalized spacial score (nSPS) is 11.7. The molecular formula is C16H15ClN2O2S. The maximum Gasteiger partial charge on any atom is 0.248 e. The van der Waals surface area contributed by atoms with Gasteiger partial charge >= 0.3 is 0 Å². The third-order valence-electron chi connectivity index (χ3n) is 2.95. The molecule has 6 heteroatoms. The second-order valence-corrected chi connectivity index (χ2v) is 6.41. The third-order valence-corrected chi connectivity index (χ3v) is 4.57. The van der Waals surface area contributed by atoms with Gasteiger partial charge in [-0.1, -0.05) is 23.7 Å². The summed E-state index contributed by atoms with van der Waals surface area (Å²) in [4.78, 5) is 24.0. The average Bonchev–Trinajstić information content (AvgIpc) is 2.50. The van der Waals surface area contributed by atoms with Gasteiger partial charge in [0.05, 0.1) is 10.3 Å². The van der Waals surface area contributed by atoms with Crippen LogP contribution in [0.15, 0.2) is 53.4 Å². The van der Waals surface area contributed by atoms with Crippen molar-refractivity contribution in [3.8, 4) is 0 Å². The van der Waals surface area contributed by atoms with E-state index in [0.717, 1.165) is 4.90 Å². The molecule has 4 nitrogen and oxygen atoms in total. The molecule has 0 aliphatic heterocycles. The fourth-order valence-corrected chi connectivity index (χ4v) is 2.90. The molecule has 0 unspecified atom stereocenters. The van der Waals surface area contributed by atoms with E-state index < -0.39 is 5.91 Å². The molecule has 2 aromatic carbocycles. The van der Waals surface area contributed by atoms with Gasteiger partial charge in [-0.15, -0.1) is 11.8 Å². The number of nitrogens with one attached hydrogen (secondary N) is 1. The summed E-state index contributed by atoms with van der Waals surface area (Å²) in [7, 11) is 0. The summed E-state index contributed by atoms with van der Waals surface area (Å²) in [6, 6.07) is 13.8. The van der Waals surface area contributed by atoms with Crippen molar-refractivity contribution in [1.29, 1.82) is 0 Å². The monoisotopic (exact) mass is 334 g/mol. The molecule has 0 heterocycles. The van der Waals surface area contributed by atoms with E-state index in [1.807, 2.05) is 18.2 Å². The Morgan fingerprint density at radius 3 is 2.36 bits per heavy atom. The number of hydrogen-bond donors (Lipinski definition) is 2. The highest BCUT2D eigenvalue weighted by Crippen LogP contribution is 2.30. The molecule has 0 aliphatic carbocycles. The molecule has 0 fully saturated rings. The Hall–Kier alpha value is -1.98. The molecule has 0 spiro atoms. The van der Waals surface area contributed by atoms with Gasteiger partial charge < -0.3 is 11.1 Å². The van der Waals surface area contributed by atoms with Crippen molar-refractivity contribution in [2.24, 2.45) is 5.73 Å². The fraction of sp³-hybridized carbons (Fsp3) is 0.125. The Bertz CT molecular complexity index is 689. The Kier molecular flexibility index (Phi) is 5.46. The average molecular weight is 335 g/mol. The van der Waals surface area contributed by atoms with E-state index in [4.69, 9.17) is 17.3 Å². The van der Waals surface area contributed by atoms with Crippen LogP contribution in [0.2, 0.25) is 5.02 Å². The lowest BCUT2D eigenvalue weighted by atomic mass is 10.2. The molecular weight excluding hydrogens is 320 g/mol. The van der Waals surface area contributed by atoms with Gasteiger partial charge in [0.25, 0.3) is 0 Å². The summed E-state index contributed by atoms with van der Waals surface area (Å²) >= 11 is 7.47. The number of carbonyl (C=O) groups excluding carboxylic acids is 2.